The number of thiocarbonyl (C=S) groups is 1. The molecule has 2 amide bonds. The van der Waals surface area contributed by atoms with Crippen LogP contribution in [0.15, 0.2) is 57.9 Å². The van der Waals surface area contributed by atoms with Gasteiger partial charge in [-0.2, -0.15) is 0 Å². The molecule has 2 aliphatic rings. The van der Waals surface area contributed by atoms with E-state index in [4.69, 9.17) is 12.2 Å². The number of hydrogen-bond acceptors (Lipinski definition) is 4. The van der Waals surface area contributed by atoms with E-state index in [1.54, 1.807) is 9.80 Å². The predicted molar refractivity (Wildman–Crippen MR) is 126 cm³/mol. The van der Waals surface area contributed by atoms with Crippen LogP contribution in [0.5, 0.6) is 0 Å². The molecule has 0 bridgehead atoms. The van der Waals surface area contributed by atoms with Gasteiger partial charge < -0.3 is 4.90 Å². The lowest BCUT2D eigenvalue weighted by Gasteiger charge is -2.17. The number of benzene rings is 2. The summed E-state index contributed by atoms with van der Waals surface area (Å²) in [6, 6.07) is 15.6. The molecule has 0 radical (unpaired) electrons. The van der Waals surface area contributed by atoms with Crippen LogP contribution in [0, 0.1) is 0 Å². The van der Waals surface area contributed by atoms with Crippen LogP contribution in [0.4, 0.5) is 5.69 Å². The Hall–Kier alpha value is -1.96. The third-order valence-electron chi connectivity index (χ3n) is 4.97. The van der Waals surface area contributed by atoms with Gasteiger partial charge in [0.05, 0.1) is 22.7 Å². The van der Waals surface area contributed by atoms with Gasteiger partial charge in [-0.1, -0.05) is 83.6 Å². The number of amides is 2. The number of unbranched alkanes of at least 4 members (excludes halogenated alkanes) is 1. The van der Waals surface area contributed by atoms with Gasteiger partial charge in [0, 0.05) is 16.6 Å². The Labute approximate surface area is 188 Å². The van der Waals surface area contributed by atoms with Crippen LogP contribution in [0.25, 0.3) is 5.57 Å². The summed E-state index contributed by atoms with van der Waals surface area (Å²) in [7, 11) is 0. The van der Waals surface area contributed by atoms with Gasteiger partial charge in [0.25, 0.3) is 11.8 Å². The second-order valence-corrected chi connectivity index (χ2v) is 9.48. The Balaban J connectivity index is 1.78. The number of hydrogen-bond donors (Lipinski definition) is 0. The van der Waals surface area contributed by atoms with Crippen molar-refractivity contribution in [3.63, 3.8) is 0 Å². The third kappa shape index (κ3) is 3.79. The van der Waals surface area contributed by atoms with Crippen molar-refractivity contribution in [1.29, 1.82) is 0 Å². The molecule has 2 aliphatic heterocycles. The number of thioether (sulfide) groups is 1. The number of fused-ring (bicyclic) bond motifs is 1. The van der Waals surface area contributed by atoms with Gasteiger partial charge in [-0.15, -0.1) is 0 Å². The van der Waals surface area contributed by atoms with Gasteiger partial charge in [0.15, 0.2) is 0 Å². The molecule has 0 unspecified atom stereocenters. The molecule has 0 saturated carbocycles. The van der Waals surface area contributed by atoms with Crippen molar-refractivity contribution >= 4 is 67.3 Å². The molecule has 0 N–H and O–H groups in total. The number of carbonyl (C=O) groups excluding carboxylic acids is 2. The molecule has 2 aromatic carbocycles. The Morgan fingerprint density at radius 1 is 1.03 bits per heavy atom. The van der Waals surface area contributed by atoms with Crippen molar-refractivity contribution in [2.24, 2.45) is 0 Å². The van der Waals surface area contributed by atoms with Crippen molar-refractivity contribution in [1.82, 2.24) is 4.90 Å². The van der Waals surface area contributed by atoms with Crippen LogP contribution >= 0.6 is 39.9 Å². The number of anilines is 1. The minimum Gasteiger partial charge on any atom is -0.303 e. The molecule has 2 aromatic rings. The number of carbonyl (C=O) groups is 2. The van der Waals surface area contributed by atoms with Crippen LogP contribution in [-0.4, -0.2) is 27.6 Å². The van der Waals surface area contributed by atoms with E-state index in [1.165, 1.54) is 11.8 Å². The van der Waals surface area contributed by atoms with Gasteiger partial charge in [-0.25, -0.2) is 0 Å². The highest BCUT2D eigenvalue weighted by Gasteiger charge is 2.41. The Morgan fingerprint density at radius 3 is 2.52 bits per heavy atom. The highest BCUT2D eigenvalue weighted by molar-refractivity contribution is 9.10. The molecule has 0 atom stereocenters. The summed E-state index contributed by atoms with van der Waals surface area (Å²) >= 11 is 10.2. The highest BCUT2D eigenvalue weighted by atomic mass is 79.9. The first-order valence-corrected chi connectivity index (χ1v) is 11.5. The molecule has 2 heterocycles. The molecule has 4 rings (SSSR count). The molecule has 1 fully saturated rings. The number of rotatable bonds is 5. The standard InChI is InChI=1S/C22H19BrN2O2S2/c1-2-3-11-24-21(27)19(29-22(24)28)18-16-12-15(23)9-10-17(16)25(20(18)26)13-14-7-5-4-6-8-14/h4-10,12H,2-3,11,13H2,1H3/b19-18-. The highest BCUT2D eigenvalue weighted by Crippen LogP contribution is 2.45. The van der Waals surface area contributed by atoms with E-state index in [-0.39, 0.29) is 11.8 Å². The van der Waals surface area contributed by atoms with Gasteiger partial charge in [0.2, 0.25) is 0 Å². The Morgan fingerprint density at radius 2 is 1.79 bits per heavy atom. The van der Waals surface area contributed by atoms with Crippen molar-refractivity contribution in [2.45, 2.75) is 26.3 Å². The molecule has 0 aliphatic carbocycles. The van der Waals surface area contributed by atoms with E-state index in [0.717, 1.165) is 34.1 Å². The first-order chi connectivity index (χ1) is 14.0. The van der Waals surface area contributed by atoms with E-state index in [9.17, 15) is 9.59 Å². The van der Waals surface area contributed by atoms with Gasteiger partial charge in [-0.3, -0.25) is 14.5 Å². The monoisotopic (exact) mass is 486 g/mol. The van der Waals surface area contributed by atoms with Crippen LogP contribution in [0.2, 0.25) is 0 Å². The molecular formula is C22H19BrN2O2S2. The smallest absolute Gasteiger partial charge is 0.267 e. The number of nitrogens with zero attached hydrogens (tertiary/aromatic N) is 2. The maximum atomic E-state index is 13.5. The summed E-state index contributed by atoms with van der Waals surface area (Å²) in [5, 5.41) is 0. The molecule has 29 heavy (non-hydrogen) atoms. The largest absolute Gasteiger partial charge is 0.303 e. The van der Waals surface area contributed by atoms with Crippen LogP contribution in [0.1, 0.15) is 30.9 Å². The van der Waals surface area contributed by atoms with Crippen molar-refractivity contribution in [3.05, 3.63) is 69.0 Å². The Bertz CT molecular complexity index is 1040. The summed E-state index contributed by atoms with van der Waals surface area (Å²) in [6.45, 7) is 3.12. The van der Waals surface area contributed by atoms with Crippen LogP contribution < -0.4 is 4.90 Å². The zero-order chi connectivity index (χ0) is 20.5. The fourth-order valence-electron chi connectivity index (χ4n) is 3.50. The van der Waals surface area contributed by atoms with Gasteiger partial charge in [-0.05, 0) is 30.2 Å². The lowest BCUT2D eigenvalue weighted by atomic mass is 10.1. The molecule has 4 nitrogen and oxygen atoms in total. The van der Waals surface area contributed by atoms with E-state index in [1.807, 2.05) is 48.5 Å². The van der Waals surface area contributed by atoms with Crippen molar-refractivity contribution < 1.29 is 9.59 Å². The molecular weight excluding hydrogens is 468 g/mol. The second-order valence-electron chi connectivity index (χ2n) is 6.92. The van der Waals surface area contributed by atoms with E-state index in [2.05, 4.69) is 22.9 Å². The summed E-state index contributed by atoms with van der Waals surface area (Å²) in [6.07, 6.45) is 1.85. The first-order valence-electron chi connectivity index (χ1n) is 9.45. The fourth-order valence-corrected chi connectivity index (χ4v) is 5.25. The molecule has 0 spiro atoms. The quantitative estimate of drug-likeness (QED) is 0.420. The number of halogens is 1. The average molecular weight is 487 g/mol. The second kappa shape index (κ2) is 8.42. The SMILES string of the molecule is CCCCN1C(=O)/C(=C2/C(=O)N(Cc3ccccc3)c3ccc(Br)cc32)SC1=S. The molecule has 148 valence electrons. The first kappa shape index (κ1) is 20.3. The van der Waals surface area contributed by atoms with E-state index < -0.39 is 0 Å². The molecule has 7 heteroatoms. The van der Waals surface area contributed by atoms with Crippen LogP contribution in [0.3, 0.4) is 0 Å². The van der Waals surface area contributed by atoms with Gasteiger partial charge in [0.1, 0.15) is 4.32 Å². The summed E-state index contributed by atoms with van der Waals surface area (Å²) < 4.78 is 1.39. The zero-order valence-corrected chi connectivity index (χ0v) is 19.1. The maximum Gasteiger partial charge on any atom is 0.267 e. The zero-order valence-electron chi connectivity index (χ0n) is 15.9. The third-order valence-corrected chi connectivity index (χ3v) is 6.91. The summed E-state index contributed by atoms with van der Waals surface area (Å²) in [5.74, 6) is -0.317. The van der Waals surface area contributed by atoms with Crippen LogP contribution in [-0.2, 0) is 16.1 Å². The summed E-state index contributed by atoms with van der Waals surface area (Å²) in [4.78, 5) is 30.4. The van der Waals surface area contributed by atoms with E-state index >= 15 is 0 Å². The maximum absolute atomic E-state index is 13.5. The lowest BCUT2D eigenvalue weighted by Crippen LogP contribution is -2.30. The fraction of sp³-hybridized carbons (Fsp3) is 0.227. The Kier molecular flexibility index (Phi) is 5.90. The van der Waals surface area contributed by atoms with Gasteiger partial charge >= 0.3 is 0 Å². The molecule has 0 aromatic heterocycles. The molecule has 1 saturated heterocycles. The minimum atomic E-state index is -0.163. The topological polar surface area (TPSA) is 40.6 Å². The normalized spacial score (nSPS) is 18.8. The predicted octanol–water partition coefficient (Wildman–Crippen LogP) is 5.37. The van der Waals surface area contributed by atoms with E-state index in [0.29, 0.717) is 27.9 Å². The minimum absolute atomic E-state index is 0.155. The van der Waals surface area contributed by atoms with Crippen molar-refractivity contribution in [3.8, 4) is 0 Å². The average Bonchev–Trinajstić information content (AvgIpc) is 3.13. The lowest BCUT2D eigenvalue weighted by molar-refractivity contribution is -0.122. The van der Waals surface area contributed by atoms with Crippen molar-refractivity contribution in [2.75, 3.05) is 11.4 Å². The summed E-state index contributed by atoms with van der Waals surface area (Å²) in [5.41, 5.74) is 3.08.